The van der Waals surface area contributed by atoms with Crippen molar-refractivity contribution in [3.05, 3.63) is 0 Å². The lowest BCUT2D eigenvalue weighted by Gasteiger charge is -2.41. The molecule has 3 fully saturated rings. The zero-order valence-corrected chi connectivity index (χ0v) is 13.7. The zero-order valence-electron chi connectivity index (χ0n) is 13.7. The van der Waals surface area contributed by atoms with E-state index >= 15 is 0 Å². The van der Waals surface area contributed by atoms with Crippen LogP contribution in [-0.2, 0) is 9.53 Å². The van der Waals surface area contributed by atoms with E-state index < -0.39 is 5.60 Å². The second kappa shape index (κ2) is 5.34. The summed E-state index contributed by atoms with van der Waals surface area (Å²) in [6.07, 6.45) is 7.42. The molecule has 3 aliphatic rings. The van der Waals surface area contributed by atoms with Crippen LogP contribution in [0.3, 0.4) is 0 Å². The van der Waals surface area contributed by atoms with E-state index in [2.05, 4.69) is 6.92 Å². The first-order valence-corrected chi connectivity index (χ1v) is 8.66. The summed E-state index contributed by atoms with van der Waals surface area (Å²) < 4.78 is 6.12. The number of carbonyl (C=O) groups excluding carboxylic acids is 1. The molecule has 21 heavy (non-hydrogen) atoms. The molecule has 1 heterocycles. The molecule has 0 aromatic heterocycles. The van der Waals surface area contributed by atoms with E-state index in [1.54, 1.807) is 0 Å². The van der Waals surface area contributed by atoms with E-state index in [1.807, 2.05) is 13.8 Å². The fraction of sp³-hybridized carbons (Fsp3) is 0.944. The summed E-state index contributed by atoms with van der Waals surface area (Å²) in [7, 11) is 0. The predicted molar refractivity (Wildman–Crippen MR) is 81.9 cm³/mol. The minimum Gasteiger partial charge on any atom is -0.390 e. The molecule has 3 nitrogen and oxygen atoms in total. The van der Waals surface area contributed by atoms with Crippen molar-refractivity contribution in [2.75, 3.05) is 6.61 Å². The third-order valence-corrected chi connectivity index (χ3v) is 6.29. The summed E-state index contributed by atoms with van der Waals surface area (Å²) in [5.74, 6) is 1.79. The van der Waals surface area contributed by atoms with Crippen molar-refractivity contribution < 1.29 is 14.6 Å². The van der Waals surface area contributed by atoms with E-state index in [-0.39, 0.29) is 11.3 Å². The van der Waals surface area contributed by atoms with Crippen molar-refractivity contribution in [3.8, 4) is 0 Å². The molecule has 0 radical (unpaired) electrons. The number of rotatable bonds is 3. The maximum Gasteiger partial charge on any atom is 0.136 e. The molecule has 0 aromatic rings. The van der Waals surface area contributed by atoms with Gasteiger partial charge in [0.2, 0.25) is 0 Å². The van der Waals surface area contributed by atoms with Gasteiger partial charge in [0.25, 0.3) is 0 Å². The molecule has 0 amide bonds. The van der Waals surface area contributed by atoms with Crippen LogP contribution in [0.5, 0.6) is 0 Å². The Morgan fingerprint density at radius 1 is 1.38 bits per heavy atom. The molecular formula is C18H30O3. The van der Waals surface area contributed by atoms with Crippen LogP contribution in [0.25, 0.3) is 0 Å². The largest absolute Gasteiger partial charge is 0.390 e. The lowest BCUT2D eigenvalue weighted by atomic mass is 9.63. The Labute approximate surface area is 128 Å². The van der Waals surface area contributed by atoms with Gasteiger partial charge in [-0.1, -0.05) is 6.92 Å². The number of carbonyl (C=O) groups is 1. The lowest BCUT2D eigenvalue weighted by molar-refractivity contribution is -0.130. The molecule has 0 spiro atoms. The number of hydrogen-bond donors (Lipinski definition) is 1. The van der Waals surface area contributed by atoms with E-state index in [1.165, 1.54) is 6.42 Å². The van der Waals surface area contributed by atoms with Crippen molar-refractivity contribution in [1.29, 1.82) is 0 Å². The first kappa shape index (κ1) is 15.5. The summed E-state index contributed by atoms with van der Waals surface area (Å²) in [6, 6.07) is 0. The van der Waals surface area contributed by atoms with Crippen LogP contribution in [0.15, 0.2) is 0 Å². The molecule has 0 aromatic carbocycles. The maximum absolute atomic E-state index is 12.2. The molecule has 2 aliphatic carbocycles. The number of Topliss-reactive ketones (excluding diaryl/α,β-unsaturated/α-hetero) is 1. The quantitative estimate of drug-likeness (QED) is 0.868. The van der Waals surface area contributed by atoms with Gasteiger partial charge in [0.1, 0.15) is 5.78 Å². The normalized spacial score (nSPS) is 44.1. The first-order valence-electron chi connectivity index (χ1n) is 8.66. The molecule has 0 bridgehead atoms. The van der Waals surface area contributed by atoms with Crippen LogP contribution in [0.1, 0.15) is 65.7 Å². The number of hydrogen-bond acceptors (Lipinski definition) is 3. The van der Waals surface area contributed by atoms with Gasteiger partial charge in [0, 0.05) is 18.9 Å². The Morgan fingerprint density at radius 2 is 2.14 bits per heavy atom. The molecule has 1 N–H and O–H groups in total. The van der Waals surface area contributed by atoms with Crippen LogP contribution < -0.4 is 0 Å². The second-order valence-electron chi connectivity index (χ2n) is 8.55. The predicted octanol–water partition coefficient (Wildman–Crippen LogP) is 3.34. The van der Waals surface area contributed by atoms with Crippen LogP contribution in [0.2, 0.25) is 0 Å². The van der Waals surface area contributed by atoms with Gasteiger partial charge in [0.15, 0.2) is 0 Å². The zero-order chi connectivity index (χ0) is 15.3. The second-order valence-corrected chi connectivity index (χ2v) is 8.55. The minimum absolute atomic E-state index is 0.170. The molecular weight excluding hydrogens is 264 g/mol. The Bertz CT molecular complexity index is 411. The highest BCUT2D eigenvalue weighted by Gasteiger charge is 2.54. The van der Waals surface area contributed by atoms with Gasteiger partial charge in [-0.3, -0.25) is 4.79 Å². The standard InChI is InChI=1S/C18H30O3/c1-17(2,20)10-12-9-16(21-11-12)14-7-6-13-15(19)5-4-8-18(13,14)3/h12-14,16,20H,4-11H2,1-3H3/t12?,13-,14+,16?,18?/m0/s1. The van der Waals surface area contributed by atoms with Crippen LogP contribution in [0.4, 0.5) is 0 Å². The Balaban J connectivity index is 1.67. The highest BCUT2D eigenvalue weighted by Crippen LogP contribution is 2.57. The third-order valence-electron chi connectivity index (χ3n) is 6.29. The molecule has 1 saturated heterocycles. The summed E-state index contributed by atoms with van der Waals surface area (Å²) >= 11 is 0. The van der Waals surface area contributed by atoms with Gasteiger partial charge in [-0.25, -0.2) is 0 Å². The molecule has 2 saturated carbocycles. The van der Waals surface area contributed by atoms with Crippen LogP contribution >= 0.6 is 0 Å². The number of ketones is 1. The van der Waals surface area contributed by atoms with Crippen LogP contribution in [0, 0.1) is 23.2 Å². The lowest BCUT2D eigenvalue weighted by Crippen LogP contribution is -2.41. The van der Waals surface area contributed by atoms with Crippen molar-refractivity contribution >= 4 is 5.78 Å². The van der Waals surface area contributed by atoms with Gasteiger partial charge < -0.3 is 9.84 Å². The minimum atomic E-state index is -0.605. The molecule has 3 heteroatoms. The summed E-state index contributed by atoms with van der Waals surface area (Å²) in [4.78, 5) is 12.2. The average molecular weight is 294 g/mol. The van der Waals surface area contributed by atoms with Gasteiger partial charge in [-0.05, 0) is 69.6 Å². The topological polar surface area (TPSA) is 46.5 Å². The smallest absolute Gasteiger partial charge is 0.136 e. The fourth-order valence-corrected chi connectivity index (χ4v) is 5.43. The van der Waals surface area contributed by atoms with Crippen molar-refractivity contribution in [3.63, 3.8) is 0 Å². The molecule has 3 rings (SSSR count). The summed E-state index contributed by atoms with van der Waals surface area (Å²) in [6.45, 7) is 6.87. The van der Waals surface area contributed by atoms with Crippen LogP contribution in [-0.4, -0.2) is 29.2 Å². The highest BCUT2D eigenvalue weighted by atomic mass is 16.5. The van der Waals surface area contributed by atoms with E-state index in [9.17, 15) is 9.90 Å². The van der Waals surface area contributed by atoms with E-state index in [0.29, 0.717) is 23.7 Å². The SMILES string of the molecule is CC(C)(O)CC1COC([C@H]2CC[C@H]3C(=O)CCCC23C)C1. The molecule has 5 atom stereocenters. The Hall–Kier alpha value is -0.410. The Kier molecular flexibility index (Phi) is 3.94. The summed E-state index contributed by atoms with van der Waals surface area (Å²) in [5, 5.41) is 10.0. The Morgan fingerprint density at radius 3 is 2.86 bits per heavy atom. The van der Waals surface area contributed by atoms with Gasteiger partial charge in [-0.15, -0.1) is 0 Å². The van der Waals surface area contributed by atoms with Crippen molar-refractivity contribution in [1.82, 2.24) is 0 Å². The van der Waals surface area contributed by atoms with Crippen molar-refractivity contribution in [2.24, 2.45) is 23.2 Å². The monoisotopic (exact) mass is 294 g/mol. The first-order chi connectivity index (χ1) is 9.79. The van der Waals surface area contributed by atoms with Gasteiger partial charge in [-0.2, -0.15) is 0 Å². The molecule has 1 aliphatic heterocycles. The average Bonchev–Trinajstić information content (AvgIpc) is 2.91. The van der Waals surface area contributed by atoms with Crippen molar-refractivity contribution in [2.45, 2.75) is 77.4 Å². The van der Waals surface area contributed by atoms with Gasteiger partial charge >= 0.3 is 0 Å². The van der Waals surface area contributed by atoms with Gasteiger partial charge in [0.05, 0.1) is 11.7 Å². The summed E-state index contributed by atoms with van der Waals surface area (Å²) in [5.41, 5.74) is -0.435. The fourth-order valence-electron chi connectivity index (χ4n) is 5.43. The maximum atomic E-state index is 12.2. The van der Waals surface area contributed by atoms with E-state index in [4.69, 9.17) is 4.74 Å². The molecule has 120 valence electrons. The number of ether oxygens (including phenoxy) is 1. The van der Waals surface area contributed by atoms with E-state index in [0.717, 1.165) is 45.1 Å². The third kappa shape index (κ3) is 2.92. The number of fused-ring (bicyclic) bond motifs is 1. The molecule has 3 unspecified atom stereocenters. The number of aliphatic hydroxyl groups is 1. The highest BCUT2D eigenvalue weighted by molar-refractivity contribution is 5.83.